The first kappa shape index (κ1) is 29.4. The molecule has 2 aromatic heterocycles. The highest BCUT2D eigenvalue weighted by molar-refractivity contribution is 6.28. The van der Waals surface area contributed by atoms with E-state index in [4.69, 9.17) is 8.83 Å². The van der Waals surface area contributed by atoms with Crippen molar-refractivity contribution in [3.05, 3.63) is 182 Å². The van der Waals surface area contributed by atoms with E-state index < -0.39 is 0 Å². The van der Waals surface area contributed by atoms with Crippen molar-refractivity contribution in [3.8, 4) is 33.4 Å². The van der Waals surface area contributed by atoms with Gasteiger partial charge in [0, 0.05) is 21.7 Å². The summed E-state index contributed by atoms with van der Waals surface area (Å²) < 4.78 is 13.3. The predicted octanol–water partition coefficient (Wildman–Crippen LogP) is 15.1. The minimum Gasteiger partial charge on any atom is -0.455 e. The van der Waals surface area contributed by atoms with Crippen molar-refractivity contribution < 1.29 is 8.83 Å². The van der Waals surface area contributed by atoms with E-state index >= 15 is 0 Å². The third kappa shape index (κ3) is 4.05. The number of benzene rings is 10. The molecule has 2 nitrogen and oxygen atoms in total. The van der Waals surface area contributed by atoms with Crippen molar-refractivity contribution in [1.82, 2.24) is 0 Å². The molecule has 0 fully saturated rings. The van der Waals surface area contributed by atoms with E-state index in [1.807, 2.05) is 24.3 Å². The fourth-order valence-electron chi connectivity index (χ4n) is 9.17. The molecule has 54 heavy (non-hydrogen) atoms. The third-order valence-corrected chi connectivity index (χ3v) is 11.5. The molecule has 0 aliphatic rings. The lowest BCUT2D eigenvalue weighted by atomic mass is 9.83. The second-order valence-corrected chi connectivity index (χ2v) is 14.3. The van der Waals surface area contributed by atoms with E-state index in [0.29, 0.717) is 0 Å². The van der Waals surface area contributed by atoms with Crippen molar-refractivity contribution in [2.24, 2.45) is 0 Å². The standard InChI is InChI=1S/C52H30O2/c1-2-16-32-31(14-1)15-13-25-37(32)48-38-20-5-7-22-40(38)49(41-23-8-6-21-39(41)48)42-29-28-35(33-17-3-4-18-34(33)42)44-30-45-36-19-9-11-26-46(36)53-52(45)50-43-24-10-12-27-47(43)54-51(44)50/h1-30H. The quantitative estimate of drug-likeness (QED) is 0.173. The number of hydrogen-bond acceptors (Lipinski definition) is 2. The zero-order chi connectivity index (χ0) is 35.3. The number of rotatable bonds is 3. The van der Waals surface area contributed by atoms with E-state index in [1.54, 1.807) is 0 Å². The first-order chi connectivity index (χ1) is 26.8. The van der Waals surface area contributed by atoms with Crippen LogP contribution < -0.4 is 0 Å². The molecule has 10 aromatic carbocycles. The van der Waals surface area contributed by atoms with E-state index in [1.165, 1.54) is 65.3 Å². The molecule has 2 heterocycles. The zero-order valence-electron chi connectivity index (χ0n) is 29.1. The van der Waals surface area contributed by atoms with Gasteiger partial charge in [-0.3, -0.25) is 0 Å². The monoisotopic (exact) mass is 686 g/mol. The summed E-state index contributed by atoms with van der Waals surface area (Å²) >= 11 is 0. The molecule has 0 saturated carbocycles. The minimum absolute atomic E-state index is 0.844. The van der Waals surface area contributed by atoms with E-state index in [0.717, 1.165) is 55.0 Å². The van der Waals surface area contributed by atoms with Gasteiger partial charge in [-0.05, 0) is 89.1 Å². The lowest BCUT2D eigenvalue weighted by molar-refractivity contribution is 0.663. The van der Waals surface area contributed by atoms with Gasteiger partial charge in [-0.1, -0.05) is 164 Å². The van der Waals surface area contributed by atoms with Crippen LogP contribution in [0.5, 0.6) is 0 Å². The molecule has 0 N–H and O–H groups in total. The van der Waals surface area contributed by atoms with Crippen LogP contribution in [0.15, 0.2) is 191 Å². The molecule has 0 aliphatic carbocycles. The van der Waals surface area contributed by atoms with E-state index in [2.05, 4.69) is 158 Å². The molecule has 0 amide bonds. The molecule has 0 aliphatic heterocycles. The highest BCUT2D eigenvalue weighted by atomic mass is 16.3. The average molecular weight is 687 g/mol. The van der Waals surface area contributed by atoms with Crippen LogP contribution in [0.3, 0.4) is 0 Å². The van der Waals surface area contributed by atoms with Crippen molar-refractivity contribution in [2.45, 2.75) is 0 Å². The molecular formula is C52H30O2. The third-order valence-electron chi connectivity index (χ3n) is 11.5. The van der Waals surface area contributed by atoms with Crippen molar-refractivity contribution in [3.63, 3.8) is 0 Å². The van der Waals surface area contributed by atoms with Gasteiger partial charge in [0.1, 0.15) is 22.3 Å². The van der Waals surface area contributed by atoms with Crippen LogP contribution in [-0.2, 0) is 0 Å². The summed E-state index contributed by atoms with van der Waals surface area (Å²) in [4.78, 5) is 0. The van der Waals surface area contributed by atoms with E-state index in [-0.39, 0.29) is 0 Å². The van der Waals surface area contributed by atoms with Crippen LogP contribution in [-0.4, -0.2) is 0 Å². The predicted molar refractivity (Wildman–Crippen MR) is 227 cm³/mol. The summed E-state index contributed by atoms with van der Waals surface area (Å²) in [6.07, 6.45) is 0. The van der Waals surface area contributed by atoms with Crippen molar-refractivity contribution in [1.29, 1.82) is 0 Å². The van der Waals surface area contributed by atoms with E-state index in [9.17, 15) is 0 Å². The Morgan fingerprint density at radius 2 is 0.704 bits per heavy atom. The maximum atomic E-state index is 6.75. The first-order valence-electron chi connectivity index (χ1n) is 18.5. The Hall–Kier alpha value is -7.16. The van der Waals surface area contributed by atoms with Gasteiger partial charge in [-0.15, -0.1) is 0 Å². The molecule has 250 valence electrons. The Morgan fingerprint density at radius 3 is 1.37 bits per heavy atom. The van der Waals surface area contributed by atoms with Gasteiger partial charge in [0.15, 0.2) is 0 Å². The van der Waals surface area contributed by atoms with Crippen LogP contribution in [0, 0.1) is 0 Å². The van der Waals surface area contributed by atoms with Gasteiger partial charge in [-0.2, -0.15) is 0 Å². The fourth-order valence-corrected chi connectivity index (χ4v) is 9.17. The largest absolute Gasteiger partial charge is 0.455 e. The molecule has 12 aromatic rings. The minimum atomic E-state index is 0.844. The number of hydrogen-bond donors (Lipinski definition) is 0. The number of fused-ring (bicyclic) bond motifs is 11. The molecular weight excluding hydrogens is 657 g/mol. The summed E-state index contributed by atoms with van der Waals surface area (Å²) in [6.45, 7) is 0. The molecule has 0 bridgehead atoms. The normalized spacial score (nSPS) is 12.1. The van der Waals surface area contributed by atoms with Crippen molar-refractivity contribution >= 4 is 87.0 Å². The lowest BCUT2D eigenvalue weighted by Gasteiger charge is -2.20. The first-order valence-corrected chi connectivity index (χ1v) is 18.5. The van der Waals surface area contributed by atoms with Gasteiger partial charge in [0.25, 0.3) is 0 Å². The topological polar surface area (TPSA) is 26.3 Å². The SMILES string of the molecule is c1ccc2c(-c3c4ccccc4c(-c4ccc(-c5cc6c7ccccc7oc6c6c5oc5ccccc56)c5ccccc45)c4ccccc34)cccc2c1. The Balaban J connectivity index is 1.18. The zero-order valence-corrected chi connectivity index (χ0v) is 29.1. The summed E-state index contributed by atoms with van der Waals surface area (Å²) in [5.41, 5.74) is 10.6. The Morgan fingerprint density at radius 1 is 0.259 bits per heavy atom. The number of furan rings is 2. The van der Waals surface area contributed by atoms with Crippen molar-refractivity contribution in [2.75, 3.05) is 0 Å². The maximum Gasteiger partial charge on any atom is 0.147 e. The summed E-state index contributed by atoms with van der Waals surface area (Å²) in [6, 6.07) is 65.6. The molecule has 2 heteroatoms. The highest BCUT2D eigenvalue weighted by Gasteiger charge is 2.24. The lowest BCUT2D eigenvalue weighted by Crippen LogP contribution is -1.93. The smallest absolute Gasteiger partial charge is 0.147 e. The second kappa shape index (κ2) is 11.2. The Bertz CT molecular complexity index is 3440. The molecule has 0 spiro atoms. The second-order valence-electron chi connectivity index (χ2n) is 14.3. The van der Waals surface area contributed by atoms with Crippen LogP contribution in [0.25, 0.3) is 120 Å². The molecule has 0 atom stereocenters. The number of para-hydroxylation sites is 2. The fraction of sp³-hybridized carbons (Fsp3) is 0. The van der Waals surface area contributed by atoms with Crippen LogP contribution in [0.1, 0.15) is 0 Å². The molecule has 0 unspecified atom stereocenters. The van der Waals surface area contributed by atoms with Gasteiger partial charge in [0.2, 0.25) is 0 Å². The van der Waals surface area contributed by atoms with Crippen LogP contribution in [0.4, 0.5) is 0 Å². The average Bonchev–Trinajstić information content (AvgIpc) is 3.81. The maximum absolute atomic E-state index is 6.75. The van der Waals surface area contributed by atoms with Gasteiger partial charge >= 0.3 is 0 Å². The highest BCUT2D eigenvalue weighted by Crippen LogP contribution is 2.49. The van der Waals surface area contributed by atoms with Crippen LogP contribution >= 0.6 is 0 Å². The summed E-state index contributed by atoms with van der Waals surface area (Å²) in [5, 5.41) is 14.1. The Kier molecular flexibility index (Phi) is 6.09. The van der Waals surface area contributed by atoms with Crippen LogP contribution in [0.2, 0.25) is 0 Å². The molecule has 12 rings (SSSR count). The van der Waals surface area contributed by atoms with Gasteiger partial charge < -0.3 is 8.83 Å². The van der Waals surface area contributed by atoms with Gasteiger partial charge in [0.05, 0.1) is 5.39 Å². The molecule has 0 radical (unpaired) electrons. The van der Waals surface area contributed by atoms with Gasteiger partial charge in [-0.25, -0.2) is 0 Å². The summed E-state index contributed by atoms with van der Waals surface area (Å²) in [5.74, 6) is 0. The summed E-state index contributed by atoms with van der Waals surface area (Å²) in [7, 11) is 0. The Labute approximate surface area is 310 Å². The molecule has 0 saturated heterocycles.